The van der Waals surface area contributed by atoms with Gasteiger partial charge < -0.3 is 9.84 Å². The van der Waals surface area contributed by atoms with Crippen molar-refractivity contribution < 1.29 is 28.4 Å². The molecule has 0 aromatic carbocycles. The SMILES string of the molecule is CO[C@H]1C(=O)N2C(C(=O)C(C)(C)C)=C(C)C(S(=O)CC(=O)O)S[C@@H]12. The molecule has 1 amide bonds. The number of carboxylic acids is 1. The largest absolute Gasteiger partial charge is 0.481 e. The molecule has 2 rings (SSSR count). The minimum Gasteiger partial charge on any atom is -0.481 e. The van der Waals surface area contributed by atoms with Crippen molar-refractivity contribution in [3.63, 3.8) is 0 Å². The Labute approximate surface area is 147 Å². The fourth-order valence-electron chi connectivity index (χ4n) is 2.66. The van der Waals surface area contributed by atoms with E-state index < -0.39 is 44.0 Å². The minimum absolute atomic E-state index is 0.230. The second kappa shape index (κ2) is 6.61. The molecule has 0 saturated carbocycles. The maximum absolute atomic E-state index is 12.8. The normalized spacial score (nSPS) is 28.3. The number of nitrogens with zero attached hydrogens (tertiary/aromatic N) is 1. The van der Waals surface area contributed by atoms with Crippen LogP contribution in [0.5, 0.6) is 0 Å². The molecule has 2 heterocycles. The lowest BCUT2D eigenvalue weighted by Gasteiger charge is -2.51. The first kappa shape index (κ1) is 19.1. The Bertz CT molecular complexity index is 651. The van der Waals surface area contributed by atoms with Gasteiger partial charge in [0.2, 0.25) is 0 Å². The first-order valence-electron chi connectivity index (χ1n) is 7.36. The second-order valence-corrected chi connectivity index (χ2v) is 9.80. The van der Waals surface area contributed by atoms with Crippen LogP contribution in [0.2, 0.25) is 0 Å². The molecule has 0 spiro atoms. The van der Waals surface area contributed by atoms with Crippen LogP contribution in [0.1, 0.15) is 27.7 Å². The zero-order chi connectivity index (χ0) is 18.4. The van der Waals surface area contributed by atoms with Crippen molar-refractivity contribution in [3.05, 3.63) is 11.3 Å². The molecule has 1 fully saturated rings. The van der Waals surface area contributed by atoms with Gasteiger partial charge in [-0.2, -0.15) is 0 Å². The summed E-state index contributed by atoms with van der Waals surface area (Å²) in [5.41, 5.74) is -0.00703. The van der Waals surface area contributed by atoms with Gasteiger partial charge in [0.1, 0.15) is 15.7 Å². The van der Waals surface area contributed by atoms with Crippen LogP contribution in [0.3, 0.4) is 0 Å². The molecule has 2 aliphatic heterocycles. The van der Waals surface area contributed by atoms with Crippen molar-refractivity contribution in [1.29, 1.82) is 0 Å². The molecular formula is C15H21NO6S2. The number of carbonyl (C=O) groups is 3. The minimum atomic E-state index is -1.70. The van der Waals surface area contributed by atoms with Crippen LogP contribution in [-0.4, -0.2) is 60.8 Å². The van der Waals surface area contributed by atoms with Gasteiger partial charge in [-0.1, -0.05) is 20.8 Å². The average Bonchev–Trinajstić information content (AvgIpc) is 2.45. The van der Waals surface area contributed by atoms with Crippen molar-refractivity contribution >= 4 is 40.2 Å². The number of rotatable bonds is 5. The number of β-lactam (4-membered cyclic amide) rings is 1. The van der Waals surface area contributed by atoms with Crippen LogP contribution in [0.15, 0.2) is 11.3 Å². The molecule has 0 radical (unpaired) electrons. The number of amides is 1. The third kappa shape index (κ3) is 3.16. The topological polar surface area (TPSA) is 101 Å². The molecule has 2 unspecified atom stereocenters. The summed E-state index contributed by atoms with van der Waals surface area (Å²) in [6, 6.07) is 0. The highest BCUT2D eigenvalue weighted by Gasteiger charge is 2.56. The lowest BCUT2D eigenvalue weighted by molar-refractivity contribution is -0.160. The molecule has 0 aromatic rings. The fourth-order valence-corrected chi connectivity index (χ4v) is 5.87. The van der Waals surface area contributed by atoms with Gasteiger partial charge in [0, 0.05) is 23.3 Å². The molecule has 1 saturated heterocycles. The number of hydrogen-bond acceptors (Lipinski definition) is 6. The van der Waals surface area contributed by atoms with Gasteiger partial charge in [-0.15, -0.1) is 11.8 Å². The molecule has 7 nitrogen and oxygen atoms in total. The van der Waals surface area contributed by atoms with E-state index in [1.54, 1.807) is 27.7 Å². The number of fused-ring (bicyclic) bond motifs is 1. The predicted octanol–water partition coefficient (Wildman–Crippen LogP) is 0.965. The van der Waals surface area contributed by atoms with Crippen LogP contribution in [0.4, 0.5) is 0 Å². The van der Waals surface area contributed by atoms with E-state index in [1.165, 1.54) is 23.8 Å². The van der Waals surface area contributed by atoms with Crippen molar-refractivity contribution in [2.45, 2.75) is 43.8 Å². The molecule has 24 heavy (non-hydrogen) atoms. The number of Topliss-reactive ketones (excluding diaryl/α,β-unsaturated/α-hetero) is 1. The highest BCUT2D eigenvalue weighted by atomic mass is 32.2. The highest BCUT2D eigenvalue weighted by Crippen LogP contribution is 2.47. The first-order valence-corrected chi connectivity index (χ1v) is 9.69. The van der Waals surface area contributed by atoms with E-state index in [0.717, 1.165) is 0 Å². The van der Waals surface area contributed by atoms with Gasteiger partial charge in [0.25, 0.3) is 5.91 Å². The number of methoxy groups -OCH3 is 1. The zero-order valence-electron chi connectivity index (χ0n) is 14.2. The Morgan fingerprint density at radius 1 is 1.38 bits per heavy atom. The zero-order valence-corrected chi connectivity index (χ0v) is 15.8. The molecule has 134 valence electrons. The summed E-state index contributed by atoms with van der Waals surface area (Å²) in [7, 11) is -0.298. The number of carboxylic acid groups (broad SMARTS) is 1. The monoisotopic (exact) mass is 375 g/mol. The van der Waals surface area contributed by atoms with Crippen LogP contribution in [-0.2, 0) is 29.9 Å². The van der Waals surface area contributed by atoms with E-state index in [2.05, 4.69) is 0 Å². The standard InChI is InChI=1S/C15H21NO6S2/c1-7-9(11(19)15(2,3)4)16-12(20)10(22-5)13(16)23-14(7)24(21)6-8(17)18/h10,13-14H,6H2,1-5H3,(H,17,18)/t10-,13-,14?,24?/m0/s1. The maximum Gasteiger partial charge on any atom is 0.316 e. The lowest BCUT2D eigenvalue weighted by atomic mass is 9.86. The van der Waals surface area contributed by atoms with Gasteiger partial charge in [-0.05, 0) is 12.5 Å². The van der Waals surface area contributed by atoms with E-state index in [4.69, 9.17) is 9.84 Å². The fraction of sp³-hybridized carbons (Fsp3) is 0.667. The number of carbonyl (C=O) groups excluding carboxylic acids is 2. The van der Waals surface area contributed by atoms with E-state index in [9.17, 15) is 18.6 Å². The second-order valence-electron chi connectivity index (χ2n) is 6.75. The Hall–Kier alpha value is -1.19. The van der Waals surface area contributed by atoms with Crippen LogP contribution in [0, 0.1) is 5.41 Å². The average molecular weight is 375 g/mol. The number of ketones is 1. The molecular weight excluding hydrogens is 354 g/mol. The number of hydrogen-bond donors (Lipinski definition) is 1. The van der Waals surface area contributed by atoms with Crippen molar-refractivity contribution in [1.82, 2.24) is 4.90 Å². The first-order chi connectivity index (χ1) is 11.0. The van der Waals surface area contributed by atoms with Crippen LogP contribution >= 0.6 is 11.8 Å². The molecule has 9 heteroatoms. The van der Waals surface area contributed by atoms with Crippen LogP contribution < -0.4 is 0 Å². The van der Waals surface area contributed by atoms with Crippen molar-refractivity contribution in [2.24, 2.45) is 5.41 Å². The van der Waals surface area contributed by atoms with Crippen molar-refractivity contribution in [2.75, 3.05) is 12.9 Å². The van der Waals surface area contributed by atoms with Crippen molar-refractivity contribution in [3.8, 4) is 0 Å². The van der Waals surface area contributed by atoms with E-state index in [-0.39, 0.29) is 17.4 Å². The number of thioether (sulfide) groups is 1. The Morgan fingerprint density at radius 3 is 2.42 bits per heavy atom. The highest BCUT2D eigenvalue weighted by molar-refractivity contribution is 8.12. The van der Waals surface area contributed by atoms with Gasteiger partial charge in [-0.25, -0.2) is 0 Å². The smallest absolute Gasteiger partial charge is 0.316 e. The molecule has 0 aliphatic carbocycles. The quantitative estimate of drug-likeness (QED) is 0.714. The number of ether oxygens (including phenoxy) is 1. The summed E-state index contributed by atoms with van der Waals surface area (Å²) < 4.78 is 16.9. The summed E-state index contributed by atoms with van der Waals surface area (Å²) >= 11 is 1.21. The van der Waals surface area contributed by atoms with Gasteiger partial charge in [-0.3, -0.25) is 23.5 Å². The molecule has 0 aromatic heterocycles. The third-order valence-corrected chi connectivity index (χ3v) is 7.56. The summed E-state index contributed by atoms with van der Waals surface area (Å²) in [5.74, 6) is -2.21. The summed E-state index contributed by atoms with van der Waals surface area (Å²) in [6.45, 7) is 6.87. The molecule has 2 aliphatic rings. The summed E-state index contributed by atoms with van der Waals surface area (Å²) in [6.07, 6.45) is -0.713. The Kier molecular flexibility index (Phi) is 5.27. The Morgan fingerprint density at radius 2 is 1.96 bits per heavy atom. The Balaban J connectivity index is 2.48. The molecule has 1 N–H and O–H groups in total. The van der Waals surface area contributed by atoms with Gasteiger partial charge in [0.05, 0.1) is 5.70 Å². The summed E-state index contributed by atoms with van der Waals surface area (Å²) in [4.78, 5) is 37.4. The summed E-state index contributed by atoms with van der Waals surface area (Å²) in [5, 5.41) is 8.44. The third-order valence-electron chi connectivity index (χ3n) is 3.88. The van der Waals surface area contributed by atoms with Gasteiger partial charge in [0.15, 0.2) is 11.9 Å². The number of allylic oxidation sites excluding steroid dienone is 1. The lowest BCUT2D eigenvalue weighted by Crippen LogP contribution is -2.66. The van der Waals surface area contributed by atoms with E-state index in [0.29, 0.717) is 5.57 Å². The maximum atomic E-state index is 12.8. The van der Waals surface area contributed by atoms with E-state index in [1.807, 2.05) is 0 Å². The molecule has 0 bridgehead atoms. The van der Waals surface area contributed by atoms with Crippen LogP contribution in [0.25, 0.3) is 0 Å². The predicted molar refractivity (Wildman–Crippen MR) is 90.6 cm³/mol. The number of aliphatic carboxylic acids is 1. The van der Waals surface area contributed by atoms with Gasteiger partial charge >= 0.3 is 5.97 Å². The molecule has 4 atom stereocenters. The van der Waals surface area contributed by atoms with E-state index >= 15 is 0 Å².